The van der Waals surface area contributed by atoms with E-state index in [1.54, 1.807) is 7.11 Å². The average molecular weight is 296 g/mol. The number of ether oxygens (including phenoxy) is 2. The SMILES string of the molecule is COc1ccc2cc([C@@H]3CC[C@]4(C)OC(=O)C[C@@H]34)ccc2c1. The molecule has 1 aliphatic heterocycles. The molecule has 0 aromatic heterocycles. The van der Waals surface area contributed by atoms with Crippen molar-refractivity contribution in [1.82, 2.24) is 0 Å². The van der Waals surface area contributed by atoms with Gasteiger partial charge in [0.15, 0.2) is 0 Å². The lowest BCUT2D eigenvalue weighted by Crippen LogP contribution is -2.27. The second-order valence-electron chi connectivity index (χ2n) is 6.72. The normalized spacial score (nSPS) is 30.4. The molecule has 1 aliphatic carbocycles. The number of carbonyl (C=O) groups excluding carboxylic acids is 1. The largest absolute Gasteiger partial charge is 0.497 e. The van der Waals surface area contributed by atoms with Crippen molar-refractivity contribution in [2.45, 2.75) is 37.7 Å². The summed E-state index contributed by atoms with van der Waals surface area (Å²) in [4.78, 5) is 11.7. The third kappa shape index (κ3) is 1.99. The summed E-state index contributed by atoms with van der Waals surface area (Å²) in [7, 11) is 1.69. The van der Waals surface area contributed by atoms with Gasteiger partial charge in [-0.05, 0) is 54.2 Å². The van der Waals surface area contributed by atoms with Crippen LogP contribution in [0.2, 0.25) is 0 Å². The Morgan fingerprint density at radius 1 is 1.18 bits per heavy atom. The maximum absolute atomic E-state index is 11.7. The van der Waals surface area contributed by atoms with Gasteiger partial charge in [-0.1, -0.05) is 24.3 Å². The van der Waals surface area contributed by atoms with Gasteiger partial charge in [0.1, 0.15) is 11.4 Å². The molecule has 114 valence electrons. The van der Waals surface area contributed by atoms with E-state index in [0.717, 1.165) is 18.6 Å². The van der Waals surface area contributed by atoms with Crippen LogP contribution >= 0.6 is 0 Å². The molecule has 1 saturated heterocycles. The Bertz CT molecular complexity index is 751. The highest BCUT2D eigenvalue weighted by Crippen LogP contribution is 2.53. The number of esters is 1. The van der Waals surface area contributed by atoms with Gasteiger partial charge in [0, 0.05) is 5.92 Å². The highest BCUT2D eigenvalue weighted by atomic mass is 16.6. The average Bonchev–Trinajstić information content (AvgIpc) is 2.97. The Kier molecular flexibility index (Phi) is 2.93. The van der Waals surface area contributed by atoms with E-state index in [9.17, 15) is 4.79 Å². The molecule has 22 heavy (non-hydrogen) atoms. The van der Waals surface area contributed by atoms with E-state index < -0.39 is 0 Å². The number of methoxy groups -OCH3 is 1. The first-order valence-corrected chi connectivity index (χ1v) is 7.89. The minimum absolute atomic E-state index is 0.0391. The Labute approximate surface area is 130 Å². The van der Waals surface area contributed by atoms with E-state index in [1.165, 1.54) is 16.3 Å². The summed E-state index contributed by atoms with van der Waals surface area (Å²) in [5.74, 6) is 1.57. The van der Waals surface area contributed by atoms with Crippen molar-refractivity contribution >= 4 is 16.7 Å². The zero-order chi connectivity index (χ0) is 15.3. The lowest BCUT2D eigenvalue weighted by Gasteiger charge is -2.24. The van der Waals surface area contributed by atoms with E-state index >= 15 is 0 Å². The fraction of sp³-hybridized carbons (Fsp3) is 0.421. The highest BCUT2D eigenvalue weighted by Gasteiger charge is 2.53. The van der Waals surface area contributed by atoms with Gasteiger partial charge in [-0.3, -0.25) is 4.79 Å². The summed E-state index contributed by atoms with van der Waals surface area (Å²) in [5, 5.41) is 2.40. The third-order valence-corrected chi connectivity index (χ3v) is 5.45. The Balaban J connectivity index is 1.71. The van der Waals surface area contributed by atoms with Crippen molar-refractivity contribution in [3.05, 3.63) is 42.0 Å². The fourth-order valence-electron chi connectivity index (χ4n) is 4.22. The van der Waals surface area contributed by atoms with E-state index in [-0.39, 0.29) is 11.6 Å². The van der Waals surface area contributed by atoms with Crippen LogP contribution in [0.15, 0.2) is 36.4 Å². The predicted octanol–water partition coefficient (Wildman–Crippen LogP) is 4.05. The molecule has 3 nitrogen and oxygen atoms in total. The second-order valence-corrected chi connectivity index (χ2v) is 6.72. The van der Waals surface area contributed by atoms with E-state index in [0.29, 0.717) is 18.3 Å². The fourth-order valence-corrected chi connectivity index (χ4v) is 4.22. The second kappa shape index (κ2) is 4.73. The summed E-state index contributed by atoms with van der Waals surface area (Å²) in [6.07, 6.45) is 2.62. The van der Waals surface area contributed by atoms with Crippen LogP contribution in [0.1, 0.15) is 37.7 Å². The third-order valence-electron chi connectivity index (χ3n) is 5.45. The zero-order valence-corrected chi connectivity index (χ0v) is 13.0. The molecular weight excluding hydrogens is 276 g/mol. The first-order chi connectivity index (χ1) is 10.6. The Morgan fingerprint density at radius 2 is 1.95 bits per heavy atom. The first-order valence-electron chi connectivity index (χ1n) is 7.89. The molecule has 3 heteroatoms. The van der Waals surface area contributed by atoms with Gasteiger partial charge >= 0.3 is 5.97 Å². The van der Waals surface area contributed by atoms with Gasteiger partial charge in [0.05, 0.1) is 13.5 Å². The van der Waals surface area contributed by atoms with Crippen LogP contribution in [-0.4, -0.2) is 18.7 Å². The molecule has 0 N–H and O–H groups in total. The molecule has 2 fully saturated rings. The van der Waals surface area contributed by atoms with Gasteiger partial charge in [0.25, 0.3) is 0 Å². The maximum Gasteiger partial charge on any atom is 0.306 e. The number of rotatable bonds is 2. The summed E-state index contributed by atoms with van der Waals surface area (Å²) >= 11 is 0. The van der Waals surface area contributed by atoms with Gasteiger partial charge in [-0.2, -0.15) is 0 Å². The maximum atomic E-state index is 11.7. The molecule has 0 amide bonds. The molecule has 2 aliphatic rings. The topological polar surface area (TPSA) is 35.5 Å². The van der Waals surface area contributed by atoms with E-state index in [4.69, 9.17) is 9.47 Å². The number of hydrogen-bond acceptors (Lipinski definition) is 3. The monoisotopic (exact) mass is 296 g/mol. The standard InChI is InChI=1S/C19H20O3/c1-19-8-7-16(17(19)11-18(20)22-19)14-4-3-13-10-15(21-2)6-5-12(13)9-14/h3-6,9-10,16-17H,7-8,11H2,1-2H3/t16-,17-,19-/m0/s1. The van der Waals surface area contributed by atoms with Crippen molar-refractivity contribution in [2.24, 2.45) is 5.92 Å². The quantitative estimate of drug-likeness (QED) is 0.784. The molecular formula is C19H20O3. The minimum atomic E-state index is -0.253. The molecule has 4 rings (SSSR count). The minimum Gasteiger partial charge on any atom is -0.497 e. The lowest BCUT2D eigenvalue weighted by molar-refractivity contribution is -0.147. The lowest BCUT2D eigenvalue weighted by atomic mass is 9.82. The van der Waals surface area contributed by atoms with Gasteiger partial charge in [-0.25, -0.2) is 0 Å². The van der Waals surface area contributed by atoms with Crippen LogP contribution in [0.5, 0.6) is 5.75 Å². The van der Waals surface area contributed by atoms with Gasteiger partial charge in [0.2, 0.25) is 0 Å². The van der Waals surface area contributed by atoms with Crippen molar-refractivity contribution in [2.75, 3.05) is 7.11 Å². The van der Waals surface area contributed by atoms with Crippen LogP contribution in [-0.2, 0) is 9.53 Å². The number of hydrogen-bond donors (Lipinski definition) is 0. The smallest absolute Gasteiger partial charge is 0.306 e. The van der Waals surface area contributed by atoms with E-state index in [1.807, 2.05) is 6.07 Å². The first kappa shape index (κ1) is 13.6. The van der Waals surface area contributed by atoms with Crippen LogP contribution in [0.3, 0.4) is 0 Å². The molecule has 2 aromatic rings. The predicted molar refractivity (Wildman–Crippen MR) is 85.1 cm³/mol. The number of carbonyl (C=O) groups is 1. The van der Waals surface area contributed by atoms with Gasteiger partial charge in [-0.15, -0.1) is 0 Å². The van der Waals surface area contributed by atoms with Crippen molar-refractivity contribution in [3.63, 3.8) is 0 Å². The Morgan fingerprint density at radius 3 is 2.77 bits per heavy atom. The molecule has 0 radical (unpaired) electrons. The summed E-state index contributed by atoms with van der Waals surface area (Å²) in [6.45, 7) is 2.09. The van der Waals surface area contributed by atoms with Crippen LogP contribution in [0, 0.1) is 5.92 Å². The highest BCUT2D eigenvalue weighted by molar-refractivity contribution is 5.84. The molecule has 0 spiro atoms. The van der Waals surface area contributed by atoms with Gasteiger partial charge < -0.3 is 9.47 Å². The molecule has 0 unspecified atom stereocenters. The van der Waals surface area contributed by atoms with Crippen molar-refractivity contribution in [3.8, 4) is 5.75 Å². The molecule has 2 aromatic carbocycles. The van der Waals surface area contributed by atoms with Crippen LogP contribution < -0.4 is 4.74 Å². The van der Waals surface area contributed by atoms with E-state index in [2.05, 4.69) is 37.3 Å². The molecule has 3 atom stereocenters. The van der Waals surface area contributed by atoms with Crippen LogP contribution in [0.4, 0.5) is 0 Å². The summed E-state index contributed by atoms with van der Waals surface area (Å²) < 4.78 is 10.9. The van der Waals surface area contributed by atoms with Crippen molar-refractivity contribution < 1.29 is 14.3 Å². The van der Waals surface area contributed by atoms with Crippen molar-refractivity contribution in [1.29, 1.82) is 0 Å². The Hall–Kier alpha value is -2.03. The number of fused-ring (bicyclic) bond motifs is 2. The molecule has 0 bridgehead atoms. The molecule has 1 heterocycles. The summed E-state index contributed by atoms with van der Waals surface area (Å²) in [6, 6.07) is 12.8. The number of benzene rings is 2. The molecule has 1 saturated carbocycles. The summed E-state index contributed by atoms with van der Waals surface area (Å²) in [5.41, 5.74) is 1.07. The van der Waals surface area contributed by atoms with Crippen LogP contribution in [0.25, 0.3) is 10.8 Å². The zero-order valence-electron chi connectivity index (χ0n) is 13.0.